The standard InChI is InChI=1S/C16H15F3N2O3S/c1-10(16(22)20-12-5-3-4-11(17)8-12)21(25(2,23)24)13-6-7-14(18)15(19)9-13/h3-10H,1-2H3,(H,20,22)/t10-/m0/s1. The zero-order chi connectivity index (χ0) is 18.8. The van der Waals surface area contributed by atoms with E-state index in [1.807, 2.05) is 0 Å². The van der Waals surface area contributed by atoms with Crippen molar-refractivity contribution in [1.29, 1.82) is 0 Å². The highest BCUT2D eigenvalue weighted by Gasteiger charge is 2.29. The van der Waals surface area contributed by atoms with E-state index < -0.39 is 39.4 Å². The van der Waals surface area contributed by atoms with Gasteiger partial charge in [0.15, 0.2) is 11.6 Å². The van der Waals surface area contributed by atoms with Gasteiger partial charge in [-0.05, 0) is 37.3 Å². The Morgan fingerprint density at radius 2 is 1.76 bits per heavy atom. The van der Waals surface area contributed by atoms with Crippen molar-refractivity contribution in [3.8, 4) is 0 Å². The normalized spacial score (nSPS) is 12.5. The molecule has 25 heavy (non-hydrogen) atoms. The summed E-state index contributed by atoms with van der Waals surface area (Å²) in [5, 5.41) is 2.38. The van der Waals surface area contributed by atoms with E-state index in [2.05, 4.69) is 5.32 Å². The Morgan fingerprint density at radius 1 is 1.08 bits per heavy atom. The molecule has 0 heterocycles. The number of carbonyl (C=O) groups is 1. The number of amides is 1. The molecule has 0 aromatic heterocycles. The van der Waals surface area contributed by atoms with Crippen LogP contribution in [0, 0.1) is 17.5 Å². The van der Waals surface area contributed by atoms with Crippen molar-refractivity contribution < 1.29 is 26.4 Å². The molecular formula is C16H15F3N2O3S. The van der Waals surface area contributed by atoms with Gasteiger partial charge in [-0.3, -0.25) is 9.10 Å². The lowest BCUT2D eigenvalue weighted by molar-refractivity contribution is -0.116. The van der Waals surface area contributed by atoms with Crippen LogP contribution in [0.25, 0.3) is 0 Å². The summed E-state index contributed by atoms with van der Waals surface area (Å²) in [4.78, 5) is 12.3. The van der Waals surface area contributed by atoms with Crippen molar-refractivity contribution in [3.05, 3.63) is 59.9 Å². The lowest BCUT2D eigenvalue weighted by Gasteiger charge is -2.28. The number of carbonyl (C=O) groups excluding carboxylic acids is 1. The summed E-state index contributed by atoms with van der Waals surface area (Å²) < 4.78 is 64.5. The summed E-state index contributed by atoms with van der Waals surface area (Å²) in [5.74, 6) is -3.73. The van der Waals surface area contributed by atoms with Crippen LogP contribution in [0.2, 0.25) is 0 Å². The topological polar surface area (TPSA) is 66.5 Å². The lowest BCUT2D eigenvalue weighted by atomic mass is 10.2. The van der Waals surface area contributed by atoms with Gasteiger partial charge in [0.25, 0.3) is 0 Å². The first-order valence-electron chi connectivity index (χ1n) is 7.10. The maximum absolute atomic E-state index is 13.4. The largest absolute Gasteiger partial charge is 0.324 e. The highest BCUT2D eigenvalue weighted by molar-refractivity contribution is 7.92. The Labute approximate surface area is 143 Å². The third kappa shape index (κ3) is 4.50. The number of benzene rings is 2. The van der Waals surface area contributed by atoms with Crippen LogP contribution in [0.5, 0.6) is 0 Å². The number of nitrogens with one attached hydrogen (secondary N) is 1. The average molecular weight is 372 g/mol. The molecular weight excluding hydrogens is 357 g/mol. The van der Waals surface area contributed by atoms with Crippen LogP contribution >= 0.6 is 0 Å². The van der Waals surface area contributed by atoms with Crippen LogP contribution in [0.3, 0.4) is 0 Å². The lowest BCUT2D eigenvalue weighted by Crippen LogP contribution is -2.45. The van der Waals surface area contributed by atoms with Gasteiger partial charge in [0, 0.05) is 11.8 Å². The van der Waals surface area contributed by atoms with Gasteiger partial charge in [-0.25, -0.2) is 21.6 Å². The molecule has 0 fully saturated rings. The highest BCUT2D eigenvalue weighted by atomic mass is 32.2. The number of halogens is 3. The predicted octanol–water partition coefficient (Wildman–Crippen LogP) is 2.90. The minimum atomic E-state index is -3.98. The summed E-state index contributed by atoms with van der Waals surface area (Å²) in [5.41, 5.74) is -0.0705. The maximum Gasteiger partial charge on any atom is 0.247 e. The predicted molar refractivity (Wildman–Crippen MR) is 88.2 cm³/mol. The van der Waals surface area contributed by atoms with Crippen molar-refractivity contribution in [2.45, 2.75) is 13.0 Å². The molecule has 0 bridgehead atoms. The first-order chi connectivity index (χ1) is 11.6. The zero-order valence-corrected chi connectivity index (χ0v) is 14.1. The van der Waals surface area contributed by atoms with Crippen LogP contribution in [0.4, 0.5) is 24.5 Å². The molecule has 1 amide bonds. The molecule has 2 aromatic rings. The van der Waals surface area contributed by atoms with E-state index in [4.69, 9.17) is 0 Å². The molecule has 5 nitrogen and oxygen atoms in total. The molecule has 0 radical (unpaired) electrons. The number of anilines is 2. The Morgan fingerprint density at radius 3 is 2.32 bits per heavy atom. The molecule has 9 heteroatoms. The van der Waals surface area contributed by atoms with Crippen LogP contribution in [0.15, 0.2) is 42.5 Å². The van der Waals surface area contributed by atoms with E-state index in [0.717, 1.165) is 24.5 Å². The Bertz CT molecular complexity index is 903. The van der Waals surface area contributed by atoms with E-state index >= 15 is 0 Å². The summed E-state index contributed by atoms with van der Waals surface area (Å²) >= 11 is 0. The Balaban J connectivity index is 2.34. The summed E-state index contributed by atoms with van der Waals surface area (Å²) in [6.07, 6.45) is 0.834. The molecule has 0 saturated carbocycles. The van der Waals surface area contributed by atoms with Crippen molar-refractivity contribution in [1.82, 2.24) is 0 Å². The number of nitrogens with zero attached hydrogens (tertiary/aromatic N) is 1. The minimum Gasteiger partial charge on any atom is -0.324 e. The first-order valence-corrected chi connectivity index (χ1v) is 8.95. The van der Waals surface area contributed by atoms with E-state index in [1.54, 1.807) is 0 Å². The second-order valence-corrected chi connectivity index (χ2v) is 7.19. The Kier molecular flexibility index (Phi) is 5.36. The van der Waals surface area contributed by atoms with Gasteiger partial charge in [-0.2, -0.15) is 0 Å². The fourth-order valence-corrected chi connectivity index (χ4v) is 3.41. The van der Waals surface area contributed by atoms with Crippen LogP contribution < -0.4 is 9.62 Å². The van der Waals surface area contributed by atoms with Crippen molar-refractivity contribution >= 4 is 27.3 Å². The molecule has 1 atom stereocenters. The average Bonchev–Trinajstić information content (AvgIpc) is 2.49. The number of hydrogen-bond donors (Lipinski definition) is 1. The third-order valence-electron chi connectivity index (χ3n) is 3.34. The van der Waals surface area contributed by atoms with Gasteiger partial charge in [-0.15, -0.1) is 0 Å². The fourth-order valence-electron chi connectivity index (χ4n) is 2.24. The molecule has 134 valence electrons. The smallest absolute Gasteiger partial charge is 0.247 e. The quantitative estimate of drug-likeness (QED) is 0.878. The third-order valence-corrected chi connectivity index (χ3v) is 4.58. The van der Waals surface area contributed by atoms with E-state index in [9.17, 15) is 26.4 Å². The van der Waals surface area contributed by atoms with Crippen LogP contribution in [-0.2, 0) is 14.8 Å². The first kappa shape index (κ1) is 18.8. The van der Waals surface area contributed by atoms with Gasteiger partial charge in [0.1, 0.15) is 11.9 Å². The molecule has 0 aliphatic heterocycles. The van der Waals surface area contributed by atoms with Crippen molar-refractivity contribution in [2.75, 3.05) is 15.9 Å². The molecule has 2 rings (SSSR count). The highest BCUT2D eigenvalue weighted by Crippen LogP contribution is 2.23. The number of hydrogen-bond acceptors (Lipinski definition) is 3. The molecule has 2 aromatic carbocycles. The van der Waals surface area contributed by atoms with Crippen molar-refractivity contribution in [3.63, 3.8) is 0 Å². The molecule has 0 spiro atoms. The summed E-state index contributed by atoms with van der Waals surface area (Å²) in [6.45, 7) is 1.27. The van der Waals surface area contributed by atoms with Crippen LogP contribution in [0.1, 0.15) is 6.92 Å². The van der Waals surface area contributed by atoms with E-state index in [0.29, 0.717) is 10.4 Å². The fraction of sp³-hybridized carbons (Fsp3) is 0.188. The minimum absolute atomic E-state index is 0.135. The maximum atomic E-state index is 13.4. The molecule has 1 N–H and O–H groups in total. The molecule has 0 saturated heterocycles. The van der Waals surface area contributed by atoms with Gasteiger partial charge in [0.2, 0.25) is 15.9 Å². The molecule has 0 aliphatic rings. The summed E-state index contributed by atoms with van der Waals surface area (Å²) in [7, 11) is -3.98. The van der Waals surface area contributed by atoms with Crippen molar-refractivity contribution in [2.24, 2.45) is 0 Å². The summed E-state index contributed by atoms with van der Waals surface area (Å²) in [6, 6.07) is 6.25. The van der Waals surface area contributed by atoms with Gasteiger partial charge in [0.05, 0.1) is 11.9 Å². The Hall–Kier alpha value is -2.55. The van der Waals surface area contributed by atoms with Gasteiger partial charge in [-0.1, -0.05) is 6.07 Å². The molecule has 0 unspecified atom stereocenters. The molecule has 0 aliphatic carbocycles. The van der Waals surface area contributed by atoms with Crippen LogP contribution in [-0.4, -0.2) is 26.6 Å². The van der Waals surface area contributed by atoms with E-state index in [-0.39, 0.29) is 11.4 Å². The zero-order valence-electron chi connectivity index (χ0n) is 13.3. The SMILES string of the molecule is C[C@@H](C(=O)Nc1cccc(F)c1)N(c1ccc(F)c(F)c1)S(C)(=O)=O. The second-order valence-electron chi connectivity index (χ2n) is 5.33. The van der Waals surface area contributed by atoms with Gasteiger partial charge >= 0.3 is 0 Å². The van der Waals surface area contributed by atoms with Gasteiger partial charge < -0.3 is 5.32 Å². The number of rotatable bonds is 5. The number of sulfonamides is 1. The monoisotopic (exact) mass is 372 g/mol. The van der Waals surface area contributed by atoms with E-state index in [1.165, 1.54) is 25.1 Å². The second kappa shape index (κ2) is 7.14.